The minimum atomic E-state index is -0.525. The van der Waals surface area contributed by atoms with Crippen molar-refractivity contribution in [2.75, 3.05) is 0 Å². The number of para-hydroxylation sites is 1. The lowest BCUT2D eigenvalue weighted by Crippen LogP contribution is -2.61. The lowest BCUT2D eigenvalue weighted by molar-refractivity contribution is -0.155. The van der Waals surface area contributed by atoms with Crippen LogP contribution in [0.5, 0.6) is 5.75 Å². The summed E-state index contributed by atoms with van der Waals surface area (Å²) in [6, 6.07) is 8.02. The van der Waals surface area contributed by atoms with Gasteiger partial charge in [0, 0.05) is 17.4 Å². The number of fused-ring (bicyclic) bond motifs is 3. The van der Waals surface area contributed by atoms with Crippen molar-refractivity contribution in [2.45, 2.75) is 31.8 Å². The molecule has 1 aliphatic heterocycles. The van der Waals surface area contributed by atoms with Gasteiger partial charge in [-0.05, 0) is 12.5 Å². The summed E-state index contributed by atoms with van der Waals surface area (Å²) in [5.41, 5.74) is 0.690. The van der Waals surface area contributed by atoms with Crippen LogP contribution in [0.4, 0.5) is 0 Å². The number of Topliss-reactive ketones (excluding diaryl/α,β-unsaturated/α-hetero) is 1. The molecule has 0 amide bonds. The number of benzene rings is 1. The van der Waals surface area contributed by atoms with E-state index in [1.54, 1.807) is 0 Å². The van der Waals surface area contributed by atoms with E-state index in [4.69, 9.17) is 4.74 Å². The van der Waals surface area contributed by atoms with Gasteiger partial charge in [-0.1, -0.05) is 32.0 Å². The Morgan fingerprint density at radius 3 is 2.87 bits per heavy atom. The van der Waals surface area contributed by atoms with Crippen molar-refractivity contribution in [2.24, 2.45) is 5.92 Å². The largest absolute Gasteiger partial charge is 0.479 e. The monoisotopic (exact) mass is 202 g/mol. The summed E-state index contributed by atoms with van der Waals surface area (Å²) in [5.74, 6) is 1.58. The van der Waals surface area contributed by atoms with Crippen molar-refractivity contribution < 1.29 is 9.53 Å². The summed E-state index contributed by atoms with van der Waals surface area (Å²) < 4.78 is 5.88. The number of hydrogen-bond acceptors (Lipinski definition) is 2. The van der Waals surface area contributed by atoms with E-state index in [-0.39, 0.29) is 17.6 Å². The number of carbonyl (C=O) groups excluding carboxylic acids is 1. The smallest absolute Gasteiger partial charge is 0.180 e. The molecule has 1 aliphatic carbocycles. The molecule has 3 unspecified atom stereocenters. The van der Waals surface area contributed by atoms with Crippen LogP contribution in [0.1, 0.15) is 31.7 Å². The fourth-order valence-electron chi connectivity index (χ4n) is 3.12. The number of ketones is 1. The Morgan fingerprint density at radius 1 is 1.40 bits per heavy atom. The molecule has 0 spiro atoms. The number of carbonyl (C=O) groups is 1. The van der Waals surface area contributed by atoms with Gasteiger partial charge in [-0.2, -0.15) is 0 Å². The summed E-state index contributed by atoms with van der Waals surface area (Å²) in [6.07, 6.45) is 0.773. The highest BCUT2D eigenvalue weighted by atomic mass is 16.5. The second kappa shape index (κ2) is 2.63. The van der Waals surface area contributed by atoms with E-state index in [0.717, 1.165) is 12.2 Å². The normalized spacial score (nSPS) is 36.5. The van der Waals surface area contributed by atoms with Crippen LogP contribution < -0.4 is 4.74 Å². The van der Waals surface area contributed by atoms with Gasteiger partial charge in [-0.25, -0.2) is 0 Å². The predicted molar refractivity (Wildman–Crippen MR) is 57.0 cm³/mol. The van der Waals surface area contributed by atoms with Crippen LogP contribution in [0.2, 0.25) is 0 Å². The molecule has 2 aliphatic rings. The van der Waals surface area contributed by atoms with Crippen LogP contribution >= 0.6 is 0 Å². The summed E-state index contributed by atoms with van der Waals surface area (Å²) in [7, 11) is 0. The van der Waals surface area contributed by atoms with Crippen molar-refractivity contribution in [1.82, 2.24) is 0 Å². The maximum Gasteiger partial charge on any atom is 0.180 e. The molecule has 15 heavy (non-hydrogen) atoms. The molecule has 2 heteroatoms. The zero-order chi connectivity index (χ0) is 10.6. The number of hydrogen-bond donors (Lipinski definition) is 0. The van der Waals surface area contributed by atoms with Crippen molar-refractivity contribution >= 4 is 5.78 Å². The molecule has 1 aromatic carbocycles. The Hall–Kier alpha value is -1.31. The van der Waals surface area contributed by atoms with E-state index in [1.165, 1.54) is 5.56 Å². The average Bonchev–Trinajstić information content (AvgIpc) is 2.59. The molecule has 1 heterocycles. The summed E-state index contributed by atoms with van der Waals surface area (Å²) in [5, 5.41) is 0. The van der Waals surface area contributed by atoms with Crippen LogP contribution in [0.15, 0.2) is 24.3 Å². The minimum Gasteiger partial charge on any atom is -0.479 e. The summed E-state index contributed by atoms with van der Waals surface area (Å²) >= 11 is 0. The van der Waals surface area contributed by atoms with Crippen molar-refractivity contribution in [3.8, 4) is 5.75 Å². The maximum absolute atomic E-state index is 11.9. The van der Waals surface area contributed by atoms with Crippen LogP contribution in [-0.2, 0) is 4.79 Å². The molecule has 1 fully saturated rings. The van der Waals surface area contributed by atoms with E-state index >= 15 is 0 Å². The van der Waals surface area contributed by atoms with Gasteiger partial charge in [0.15, 0.2) is 11.4 Å². The molecule has 3 atom stereocenters. The van der Waals surface area contributed by atoms with Gasteiger partial charge in [-0.3, -0.25) is 4.79 Å². The van der Waals surface area contributed by atoms with Crippen molar-refractivity contribution in [3.05, 3.63) is 29.8 Å². The molecule has 0 radical (unpaired) electrons. The highest BCUT2D eigenvalue weighted by Gasteiger charge is 2.65. The molecule has 2 nitrogen and oxygen atoms in total. The molecule has 0 N–H and O–H groups in total. The fourth-order valence-corrected chi connectivity index (χ4v) is 3.12. The van der Waals surface area contributed by atoms with Gasteiger partial charge in [-0.15, -0.1) is 0 Å². The van der Waals surface area contributed by atoms with Gasteiger partial charge in [0.1, 0.15) is 5.75 Å². The maximum atomic E-state index is 11.9. The second-order valence-electron chi connectivity index (χ2n) is 4.51. The van der Waals surface area contributed by atoms with Crippen LogP contribution in [0, 0.1) is 5.92 Å². The average molecular weight is 202 g/mol. The molecular formula is C13H14O2. The first kappa shape index (κ1) is 8.96. The highest BCUT2D eigenvalue weighted by Crippen LogP contribution is 2.58. The number of ether oxygens (including phenoxy) is 1. The predicted octanol–water partition coefficient (Wildman–Crippen LogP) is 2.53. The molecule has 0 bridgehead atoms. The fraction of sp³-hybridized carbons (Fsp3) is 0.462. The van der Waals surface area contributed by atoms with Crippen molar-refractivity contribution in [1.29, 1.82) is 0 Å². The Bertz CT molecular complexity index is 438. The van der Waals surface area contributed by atoms with E-state index in [1.807, 2.05) is 32.0 Å². The van der Waals surface area contributed by atoms with E-state index in [2.05, 4.69) is 6.07 Å². The second-order valence-corrected chi connectivity index (χ2v) is 4.51. The summed E-state index contributed by atoms with van der Waals surface area (Å²) in [6.45, 7) is 4.04. The third kappa shape index (κ3) is 0.834. The van der Waals surface area contributed by atoms with Gasteiger partial charge >= 0.3 is 0 Å². The Labute approximate surface area is 89.2 Å². The first-order chi connectivity index (χ1) is 7.20. The van der Waals surface area contributed by atoms with Crippen LogP contribution in [0.25, 0.3) is 0 Å². The first-order valence-corrected chi connectivity index (χ1v) is 5.53. The SMILES string of the molecule is CCC12Oc3ccccc3C1C(C)C2=O. The topological polar surface area (TPSA) is 26.3 Å². The van der Waals surface area contributed by atoms with Crippen molar-refractivity contribution in [3.63, 3.8) is 0 Å². The number of rotatable bonds is 1. The van der Waals surface area contributed by atoms with E-state index < -0.39 is 5.60 Å². The van der Waals surface area contributed by atoms with E-state index in [9.17, 15) is 4.79 Å². The standard InChI is InChI=1S/C13H14O2/c1-3-13-11(8(2)12(13)14)9-6-4-5-7-10(9)15-13/h4-8,11H,3H2,1-2H3. The van der Waals surface area contributed by atoms with Crippen LogP contribution in [0.3, 0.4) is 0 Å². The highest BCUT2D eigenvalue weighted by molar-refractivity contribution is 6.00. The molecular weight excluding hydrogens is 188 g/mol. The molecule has 78 valence electrons. The lowest BCUT2D eigenvalue weighted by atomic mass is 9.58. The third-order valence-electron chi connectivity index (χ3n) is 3.90. The molecule has 3 rings (SSSR count). The Morgan fingerprint density at radius 2 is 2.13 bits per heavy atom. The van der Waals surface area contributed by atoms with E-state index in [0.29, 0.717) is 0 Å². The minimum absolute atomic E-state index is 0.119. The van der Waals surface area contributed by atoms with Gasteiger partial charge < -0.3 is 4.74 Å². The van der Waals surface area contributed by atoms with Crippen LogP contribution in [-0.4, -0.2) is 11.4 Å². The Balaban J connectivity index is 2.13. The molecule has 0 saturated heterocycles. The third-order valence-corrected chi connectivity index (χ3v) is 3.90. The quantitative estimate of drug-likeness (QED) is 0.699. The zero-order valence-electron chi connectivity index (χ0n) is 8.99. The summed E-state index contributed by atoms with van der Waals surface area (Å²) in [4.78, 5) is 11.9. The van der Waals surface area contributed by atoms with Gasteiger partial charge in [0.25, 0.3) is 0 Å². The Kier molecular flexibility index (Phi) is 1.57. The lowest BCUT2D eigenvalue weighted by Gasteiger charge is -2.46. The molecule has 1 aromatic rings. The van der Waals surface area contributed by atoms with Gasteiger partial charge in [0.05, 0.1) is 0 Å². The first-order valence-electron chi connectivity index (χ1n) is 5.53. The molecule has 0 aromatic heterocycles. The zero-order valence-corrected chi connectivity index (χ0v) is 8.99. The van der Waals surface area contributed by atoms with Gasteiger partial charge in [0.2, 0.25) is 0 Å². The molecule has 1 saturated carbocycles.